The molecule has 0 fully saturated rings. The summed E-state index contributed by atoms with van der Waals surface area (Å²) < 4.78 is 11.4. The number of nitrogens with zero attached hydrogens (tertiary/aromatic N) is 3. The average molecular weight is 402 g/mol. The lowest BCUT2D eigenvalue weighted by Crippen LogP contribution is -2.09. The molecule has 4 aromatic rings. The molecule has 2 N–H and O–H groups in total. The van der Waals surface area contributed by atoms with Gasteiger partial charge in [0.05, 0.1) is 12.5 Å². The standard InChI is InChI=1S/C23H22N4O3/c1-13-5-7-17-18(26-27-23-24-14(2)10-15(3)25-23)12-20(30-21(17)9-13)16-6-8-19(28)22(11-16)29-4/h5-12,28H,1-4H3,(H,24,25,27)/b26-18+. The van der Waals surface area contributed by atoms with Crippen molar-refractivity contribution in [2.45, 2.75) is 20.8 Å². The van der Waals surface area contributed by atoms with Crippen molar-refractivity contribution in [3.05, 3.63) is 70.8 Å². The van der Waals surface area contributed by atoms with Gasteiger partial charge < -0.3 is 14.3 Å². The predicted octanol–water partition coefficient (Wildman–Crippen LogP) is 4.46. The average Bonchev–Trinajstić information content (AvgIpc) is 2.71. The Labute approximate surface area is 173 Å². The zero-order valence-corrected chi connectivity index (χ0v) is 17.2. The van der Waals surface area contributed by atoms with Gasteiger partial charge in [-0.3, -0.25) is 0 Å². The molecular formula is C23H22N4O3. The van der Waals surface area contributed by atoms with Gasteiger partial charge in [0.15, 0.2) is 11.5 Å². The first-order valence-corrected chi connectivity index (χ1v) is 9.47. The van der Waals surface area contributed by atoms with Crippen LogP contribution in [0.2, 0.25) is 0 Å². The van der Waals surface area contributed by atoms with E-state index in [1.54, 1.807) is 18.2 Å². The summed E-state index contributed by atoms with van der Waals surface area (Å²) in [6.07, 6.45) is 0. The number of anilines is 1. The summed E-state index contributed by atoms with van der Waals surface area (Å²) in [6.45, 7) is 5.83. The first-order chi connectivity index (χ1) is 14.4. The van der Waals surface area contributed by atoms with Gasteiger partial charge in [-0.1, -0.05) is 6.07 Å². The van der Waals surface area contributed by atoms with Gasteiger partial charge >= 0.3 is 0 Å². The van der Waals surface area contributed by atoms with Gasteiger partial charge in [0.1, 0.15) is 11.3 Å². The van der Waals surface area contributed by atoms with Crippen molar-refractivity contribution >= 4 is 16.9 Å². The molecular weight excluding hydrogens is 380 g/mol. The molecule has 0 radical (unpaired) electrons. The van der Waals surface area contributed by atoms with E-state index in [2.05, 4.69) is 20.5 Å². The summed E-state index contributed by atoms with van der Waals surface area (Å²) in [5.74, 6) is 1.46. The number of nitrogens with one attached hydrogen (secondary N) is 1. The molecule has 152 valence electrons. The van der Waals surface area contributed by atoms with Crippen molar-refractivity contribution in [3.8, 4) is 22.8 Å². The van der Waals surface area contributed by atoms with Crippen molar-refractivity contribution < 1.29 is 14.3 Å². The lowest BCUT2D eigenvalue weighted by atomic mass is 10.1. The van der Waals surface area contributed by atoms with Crippen LogP contribution < -0.4 is 15.5 Å². The molecule has 2 aromatic heterocycles. The Morgan fingerprint density at radius 1 is 0.967 bits per heavy atom. The van der Waals surface area contributed by atoms with E-state index in [0.29, 0.717) is 28.4 Å². The summed E-state index contributed by atoms with van der Waals surface area (Å²) in [4.78, 5) is 8.75. The molecule has 0 bridgehead atoms. The van der Waals surface area contributed by atoms with Crippen molar-refractivity contribution in [2.75, 3.05) is 12.5 Å². The van der Waals surface area contributed by atoms with Gasteiger partial charge in [0.25, 0.3) is 0 Å². The maximum Gasteiger partial charge on any atom is 0.243 e. The van der Waals surface area contributed by atoms with E-state index in [1.807, 2.05) is 51.1 Å². The van der Waals surface area contributed by atoms with Gasteiger partial charge in [0, 0.05) is 28.4 Å². The molecule has 0 saturated carbocycles. The second-order valence-corrected chi connectivity index (χ2v) is 7.08. The highest BCUT2D eigenvalue weighted by atomic mass is 16.5. The lowest BCUT2D eigenvalue weighted by molar-refractivity contribution is 0.373. The Kier molecular flexibility index (Phi) is 5.10. The second-order valence-electron chi connectivity index (χ2n) is 7.08. The van der Waals surface area contributed by atoms with Crippen LogP contribution in [0.15, 0.2) is 58.0 Å². The molecule has 7 nitrogen and oxygen atoms in total. The van der Waals surface area contributed by atoms with E-state index in [-0.39, 0.29) is 5.75 Å². The normalized spacial score (nSPS) is 11.7. The smallest absolute Gasteiger partial charge is 0.243 e. The predicted molar refractivity (Wildman–Crippen MR) is 115 cm³/mol. The number of benzene rings is 2. The number of aromatic hydroxyl groups is 1. The van der Waals surface area contributed by atoms with E-state index < -0.39 is 0 Å². The van der Waals surface area contributed by atoms with E-state index in [9.17, 15) is 5.11 Å². The van der Waals surface area contributed by atoms with E-state index in [1.165, 1.54) is 7.11 Å². The number of ether oxygens (including phenoxy) is 1. The maximum atomic E-state index is 9.90. The van der Waals surface area contributed by atoms with Crippen LogP contribution in [-0.4, -0.2) is 22.2 Å². The third kappa shape index (κ3) is 3.96. The highest BCUT2D eigenvalue weighted by molar-refractivity contribution is 5.79. The first-order valence-electron chi connectivity index (χ1n) is 9.47. The minimum absolute atomic E-state index is 0.0661. The van der Waals surface area contributed by atoms with Crippen LogP contribution in [-0.2, 0) is 0 Å². The Morgan fingerprint density at radius 2 is 1.73 bits per heavy atom. The number of fused-ring (bicyclic) bond motifs is 1. The lowest BCUT2D eigenvalue weighted by Gasteiger charge is -2.08. The largest absolute Gasteiger partial charge is 0.504 e. The maximum absolute atomic E-state index is 9.90. The van der Waals surface area contributed by atoms with Crippen molar-refractivity contribution in [2.24, 2.45) is 5.10 Å². The number of rotatable bonds is 4. The summed E-state index contributed by atoms with van der Waals surface area (Å²) in [5, 5.41) is 16.0. The van der Waals surface area contributed by atoms with Crippen LogP contribution in [0.4, 0.5) is 5.95 Å². The van der Waals surface area contributed by atoms with Gasteiger partial charge in [-0.15, -0.1) is 0 Å². The number of aromatic nitrogens is 2. The SMILES string of the molecule is COc1cc(-c2c/c(=N\Nc3nc(C)cc(C)n3)c3ccc(C)cc3o2)ccc1O. The molecule has 2 aromatic carbocycles. The Bertz CT molecular complexity index is 1290. The summed E-state index contributed by atoms with van der Waals surface area (Å²) in [7, 11) is 1.51. The molecule has 7 heteroatoms. The third-order valence-corrected chi connectivity index (χ3v) is 4.62. The Morgan fingerprint density at radius 3 is 2.47 bits per heavy atom. The molecule has 0 atom stereocenters. The van der Waals surface area contributed by atoms with Crippen LogP contribution in [0.25, 0.3) is 22.3 Å². The highest BCUT2D eigenvalue weighted by Crippen LogP contribution is 2.32. The van der Waals surface area contributed by atoms with Crippen molar-refractivity contribution in [1.82, 2.24) is 9.97 Å². The molecule has 0 aliphatic rings. The van der Waals surface area contributed by atoms with Crippen LogP contribution >= 0.6 is 0 Å². The summed E-state index contributed by atoms with van der Waals surface area (Å²) in [5.41, 5.74) is 7.20. The topological polar surface area (TPSA) is 92.8 Å². The Hall–Kier alpha value is -3.87. The van der Waals surface area contributed by atoms with Crippen LogP contribution in [0.1, 0.15) is 17.0 Å². The van der Waals surface area contributed by atoms with Gasteiger partial charge in [-0.2, -0.15) is 5.10 Å². The molecule has 0 aliphatic carbocycles. The van der Waals surface area contributed by atoms with Crippen LogP contribution in [0.3, 0.4) is 0 Å². The number of hydrogen-bond donors (Lipinski definition) is 2. The minimum Gasteiger partial charge on any atom is -0.504 e. The van der Waals surface area contributed by atoms with Crippen molar-refractivity contribution in [3.63, 3.8) is 0 Å². The molecule has 0 saturated heterocycles. The van der Waals surface area contributed by atoms with E-state index in [0.717, 1.165) is 27.9 Å². The van der Waals surface area contributed by atoms with Gasteiger partial charge in [-0.05, 0) is 62.7 Å². The zero-order valence-electron chi connectivity index (χ0n) is 17.2. The molecule has 0 unspecified atom stereocenters. The number of aryl methyl sites for hydroxylation is 3. The minimum atomic E-state index is 0.0661. The number of phenolic OH excluding ortho intramolecular Hbond substituents is 1. The number of hydrogen-bond acceptors (Lipinski definition) is 7. The zero-order chi connectivity index (χ0) is 21.3. The first kappa shape index (κ1) is 19.4. The molecule has 0 spiro atoms. The van der Waals surface area contributed by atoms with Gasteiger partial charge in [0.2, 0.25) is 5.95 Å². The summed E-state index contributed by atoms with van der Waals surface area (Å²) >= 11 is 0. The number of methoxy groups -OCH3 is 1. The molecule has 0 amide bonds. The molecule has 2 heterocycles. The number of phenols is 1. The molecule has 4 rings (SSSR count). The van der Waals surface area contributed by atoms with Gasteiger partial charge in [-0.25, -0.2) is 15.4 Å². The second kappa shape index (κ2) is 7.87. The van der Waals surface area contributed by atoms with Crippen LogP contribution in [0, 0.1) is 20.8 Å². The summed E-state index contributed by atoms with van der Waals surface area (Å²) in [6, 6.07) is 14.7. The third-order valence-electron chi connectivity index (χ3n) is 4.62. The highest BCUT2D eigenvalue weighted by Gasteiger charge is 2.10. The van der Waals surface area contributed by atoms with Crippen LogP contribution in [0.5, 0.6) is 11.5 Å². The fraction of sp³-hybridized carbons (Fsp3) is 0.174. The monoisotopic (exact) mass is 402 g/mol. The molecule has 0 aliphatic heterocycles. The van der Waals surface area contributed by atoms with E-state index in [4.69, 9.17) is 9.15 Å². The van der Waals surface area contributed by atoms with E-state index >= 15 is 0 Å². The quantitative estimate of drug-likeness (QED) is 0.490. The van der Waals surface area contributed by atoms with Crippen molar-refractivity contribution in [1.29, 1.82) is 0 Å². The fourth-order valence-corrected chi connectivity index (χ4v) is 3.23. The fourth-order valence-electron chi connectivity index (χ4n) is 3.23. The Balaban J connectivity index is 1.87. The molecule has 30 heavy (non-hydrogen) atoms.